The monoisotopic (exact) mass is 548 g/mol. The predicted octanol–water partition coefficient (Wildman–Crippen LogP) is 6.69. The van der Waals surface area contributed by atoms with Crippen LogP contribution in [0.2, 0.25) is 10.0 Å². The first kappa shape index (κ1) is 27.1. The quantitative estimate of drug-likeness (QED) is 0.255. The third-order valence-corrected chi connectivity index (χ3v) is 7.91. The molecule has 1 unspecified atom stereocenters. The third kappa shape index (κ3) is 5.12. The van der Waals surface area contributed by atoms with Gasteiger partial charge in [0.25, 0.3) is 11.8 Å². The zero-order chi connectivity index (χ0) is 27.1. The van der Waals surface area contributed by atoms with Crippen LogP contribution in [-0.2, 0) is 28.9 Å². The van der Waals surface area contributed by atoms with Gasteiger partial charge in [-0.3, -0.25) is 9.59 Å². The molecule has 0 bridgehead atoms. The van der Waals surface area contributed by atoms with Crippen LogP contribution < -0.4 is 0 Å². The highest BCUT2D eigenvalue weighted by Crippen LogP contribution is 2.36. The molecule has 0 N–H and O–H groups in total. The number of hydrogen-bond acceptors (Lipinski definition) is 3. The molecule has 0 spiro atoms. The van der Waals surface area contributed by atoms with Crippen LogP contribution in [0, 0.1) is 12.8 Å². The minimum absolute atomic E-state index is 0.129. The number of aryl methyl sites for hydroxylation is 2. The van der Waals surface area contributed by atoms with E-state index in [1.54, 1.807) is 31.0 Å². The van der Waals surface area contributed by atoms with Crippen LogP contribution in [0.3, 0.4) is 0 Å². The Hall–Kier alpha value is -2.90. The van der Waals surface area contributed by atoms with E-state index >= 15 is 0 Å². The number of amides is 1. The Kier molecular flexibility index (Phi) is 7.67. The lowest BCUT2D eigenvalue weighted by Crippen LogP contribution is -2.42. The number of piperidine rings is 1. The number of esters is 1. The molecule has 4 rings (SSSR count). The van der Waals surface area contributed by atoms with E-state index in [1.165, 1.54) is 19.2 Å². The Bertz CT molecular complexity index is 1400. The van der Waals surface area contributed by atoms with Gasteiger partial charge >= 0.3 is 5.97 Å². The molecule has 9 heteroatoms. The second kappa shape index (κ2) is 10.5. The lowest BCUT2D eigenvalue weighted by Gasteiger charge is -2.31. The van der Waals surface area contributed by atoms with Gasteiger partial charge in [-0.1, -0.05) is 29.8 Å². The molecule has 1 amide bonds. The molecule has 2 aromatic carbocycles. The number of carbonyl (C=O) groups is 2. The summed E-state index contributed by atoms with van der Waals surface area (Å²) in [4.78, 5) is 27.0. The van der Waals surface area contributed by atoms with Crippen molar-refractivity contribution in [1.82, 2.24) is 9.47 Å². The van der Waals surface area contributed by atoms with Gasteiger partial charge in [-0.2, -0.15) is 8.78 Å². The summed E-state index contributed by atoms with van der Waals surface area (Å²) in [5.41, 5.74) is 2.89. The van der Waals surface area contributed by atoms with E-state index in [-0.39, 0.29) is 34.9 Å². The molecule has 1 aliphatic rings. The summed E-state index contributed by atoms with van der Waals surface area (Å²) in [6.07, 6.45) is 2.28. The van der Waals surface area contributed by atoms with E-state index in [0.29, 0.717) is 59.1 Å². The van der Waals surface area contributed by atoms with E-state index in [9.17, 15) is 18.4 Å². The molecular weight excluding hydrogens is 521 g/mol. The lowest BCUT2D eigenvalue weighted by atomic mass is 9.97. The summed E-state index contributed by atoms with van der Waals surface area (Å²) in [7, 11) is 3.14. The summed E-state index contributed by atoms with van der Waals surface area (Å²) in [5, 5.41) is 1.47. The van der Waals surface area contributed by atoms with Gasteiger partial charge in [0, 0.05) is 53.7 Å². The lowest BCUT2D eigenvalue weighted by molar-refractivity contribution is -0.146. The van der Waals surface area contributed by atoms with Crippen molar-refractivity contribution in [3.63, 3.8) is 0 Å². The van der Waals surface area contributed by atoms with Crippen molar-refractivity contribution in [3.05, 3.63) is 81.0 Å². The first-order valence-electron chi connectivity index (χ1n) is 11.9. The number of carbonyl (C=O) groups excluding carboxylic acids is 2. The van der Waals surface area contributed by atoms with Gasteiger partial charge in [-0.15, -0.1) is 0 Å². The highest BCUT2D eigenvalue weighted by Gasteiger charge is 2.31. The molecule has 5 nitrogen and oxygen atoms in total. The Morgan fingerprint density at radius 1 is 1.24 bits per heavy atom. The second-order valence-corrected chi connectivity index (χ2v) is 10.2. The van der Waals surface area contributed by atoms with E-state index < -0.39 is 5.92 Å². The second-order valence-electron chi connectivity index (χ2n) is 9.43. The number of rotatable bonds is 6. The number of ether oxygens (including phenoxy) is 1. The van der Waals surface area contributed by atoms with Crippen LogP contribution >= 0.6 is 23.2 Å². The minimum atomic E-state index is -3.15. The van der Waals surface area contributed by atoms with Gasteiger partial charge in [0.05, 0.1) is 23.6 Å². The first-order chi connectivity index (χ1) is 17.5. The molecule has 1 atom stereocenters. The summed E-state index contributed by atoms with van der Waals surface area (Å²) in [6, 6.07) is 8.08. The normalized spacial score (nSPS) is 16.2. The van der Waals surface area contributed by atoms with Crippen molar-refractivity contribution in [2.45, 2.75) is 32.1 Å². The molecule has 1 fully saturated rings. The van der Waals surface area contributed by atoms with Gasteiger partial charge in [-0.05, 0) is 67.3 Å². The van der Waals surface area contributed by atoms with Gasteiger partial charge in [0.2, 0.25) is 0 Å². The minimum Gasteiger partial charge on any atom is -0.469 e. The van der Waals surface area contributed by atoms with Crippen LogP contribution in [0.5, 0.6) is 0 Å². The number of likely N-dealkylation sites (tertiary alicyclic amines) is 1. The fourth-order valence-corrected chi connectivity index (χ4v) is 5.53. The fourth-order valence-electron chi connectivity index (χ4n) is 4.94. The number of benzene rings is 2. The summed E-state index contributed by atoms with van der Waals surface area (Å²) in [5.74, 6) is -4.13. The molecule has 0 aliphatic carbocycles. The largest absolute Gasteiger partial charge is 0.469 e. The summed E-state index contributed by atoms with van der Waals surface area (Å²) < 4.78 is 35.3. The summed E-state index contributed by atoms with van der Waals surface area (Å²) >= 11 is 13.3. The maximum Gasteiger partial charge on any atom is 0.310 e. The Morgan fingerprint density at radius 2 is 1.97 bits per heavy atom. The van der Waals surface area contributed by atoms with E-state index in [0.717, 1.165) is 11.1 Å². The van der Waals surface area contributed by atoms with Crippen LogP contribution in [0.25, 0.3) is 10.9 Å². The zero-order valence-electron chi connectivity index (χ0n) is 20.9. The van der Waals surface area contributed by atoms with E-state index in [2.05, 4.69) is 6.58 Å². The number of nitrogens with zero attached hydrogens (tertiary/aromatic N) is 2. The Morgan fingerprint density at radius 3 is 2.65 bits per heavy atom. The highest BCUT2D eigenvalue weighted by atomic mass is 35.5. The number of alkyl halides is 2. The number of halogens is 4. The van der Waals surface area contributed by atoms with Crippen LogP contribution in [0.4, 0.5) is 8.78 Å². The van der Waals surface area contributed by atoms with Gasteiger partial charge in [0.1, 0.15) is 0 Å². The molecule has 1 aliphatic heterocycles. The van der Waals surface area contributed by atoms with E-state index in [1.807, 2.05) is 10.6 Å². The molecular formula is C28H28Cl2F2N2O3. The number of methoxy groups -OCH3 is 1. The van der Waals surface area contributed by atoms with E-state index in [4.69, 9.17) is 27.9 Å². The highest BCUT2D eigenvalue weighted by molar-refractivity contribution is 6.38. The first-order valence-corrected chi connectivity index (χ1v) is 12.7. The standard InChI is InChI=1S/C28H28Cl2F2N2O3/c1-5-28(31,32)18-11-16(2)21-13-19(33(3)24(21)12-18)14-22-23(29)9-8-20(25(22)30)26(35)34-10-6-7-17(15-34)27(36)37-4/h5,8-9,11-13,17H,1,6-7,10,14-15H2,2-4H3. The zero-order valence-corrected chi connectivity index (χ0v) is 22.4. The maximum atomic E-state index is 14.3. The molecule has 37 heavy (non-hydrogen) atoms. The van der Waals surface area contributed by atoms with Gasteiger partial charge in [0.15, 0.2) is 0 Å². The predicted molar refractivity (Wildman–Crippen MR) is 142 cm³/mol. The average Bonchev–Trinajstić information content (AvgIpc) is 3.21. The molecule has 1 aromatic heterocycles. The Labute approximate surface area is 224 Å². The third-order valence-electron chi connectivity index (χ3n) is 7.13. The number of hydrogen-bond donors (Lipinski definition) is 0. The van der Waals surface area contributed by atoms with Crippen molar-refractivity contribution < 1.29 is 23.1 Å². The molecule has 196 valence electrons. The smallest absolute Gasteiger partial charge is 0.310 e. The van der Waals surface area contributed by atoms with Crippen molar-refractivity contribution in [1.29, 1.82) is 0 Å². The maximum absolute atomic E-state index is 14.3. The van der Waals surface area contributed by atoms with Crippen LogP contribution in [-0.4, -0.2) is 41.5 Å². The van der Waals surface area contributed by atoms with Crippen molar-refractivity contribution in [2.75, 3.05) is 20.2 Å². The topological polar surface area (TPSA) is 51.5 Å². The van der Waals surface area contributed by atoms with Gasteiger partial charge < -0.3 is 14.2 Å². The van der Waals surface area contributed by atoms with Crippen LogP contribution in [0.15, 0.2) is 43.0 Å². The molecule has 0 radical (unpaired) electrons. The van der Waals surface area contributed by atoms with Gasteiger partial charge in [-0.25, -0.2) is 0 Å². The molecule has 1 saturated heterocycles. The number of allylic oxidation sites excluding steroid dienone is 1. The SMILES string of the molecule is C=CC(F)(F)c1cc(C)c2cc(Cc3c(Cl)ccc(C(=O)N4CCCC(C(=O)OC)C4)c3Cl)n(C)c2c1. The van der Waals surface area contributed by atoms with Crippen LogP contribution in [0.1, 0.15) is 45.6 Å². The molecule has 2 heterocycles. The molecule has 3 aromatic rings. The fraction of sp³-hybridized carbons (Fsp3) is 0.357. The summed E-state index contributed by atoms with van der Waals surface area (Å²) in [6.45, 7) is 5.82. The molecule has 0 saturated carbocycles. The average molecular weight is 549 g/mol. The Balaban J connectivity index is 1.68. The number of fused-ring (bicyclic) bond motifs is 1. The van der Waals surface area contributed by atoms with Crippen molar-refractivity contribution in [2.24, 2.45) is 13.0 Å². The number of aromatic nitrogens is 1. The van der Waals surface area contributed by atoms with Crippen molar-refractivity contribution >= 4 is 46.0 Å². The van der Waals surface area contributed by atoms with Crippen molar-refractivity contribution in [3.8, 4) is 0 Å².